The van der Waals surface area contributed by atoms with Gasteiger partial charge in [-0.2, -0.15) is 0 Å². The molecule has 0 aliphatic heterocycles. The normalized spacial score (nSPS) is 29.8. The zero-order valence-corrected chi connectivity index (χ0v) is 8.91. The predicted molar refractivity (Wildman–Crippen MR) is 58.7 cm³/mol. The molecule has 0 aromatic rings. The number of hydrogen-bond donors (Lipinski definition) is 2. The van der Waals surface area contributed by atoms with E-state index in [9.17, 15) is 0 Å². The lowest BCUT2D eigenvalue weighted by Gasteiger charge is -2.09. The van der Waals surface area contributed by atoms with Gasteiger partial charge in [0.2, 0.25) is 0 Å². The average molecular weight is 198 g/mol. The molecule has 1 fully saturated rings. The SMILES string of the molecule is NC1CCCCCCC(=NO)CCC1. The van der Waals surface area contributed by atoms with E-state index in [2.05, 4.69) is 5.16 Å². The van der Waals surface area contributed by atoms with Crippen LogP contribution in [0.15, 0.2) is 5.16 Å². The minimum atomic E-state index is 0.355. The van der Waals surface area contributed by atoms with Crippen molar-refractivity contribution in [1.82, 2.24) is 0 Å². The molecule has 1 saturated carbocycles. The molecular formula is C11H22N2O. The molecule has 1 unspecified atom stereocenters. The standard InChI is InChI=1S/C11H22N2O/c12-10-6-3-1-2-4-8-11(13-14)9-5-7-10/h10,14H,1-9,12H2. The molecule has 1 aliphatic carbocycles. The molecular weight excluding hydrogens is 176 g/mol. The lowest BCUT2D eigenvalue weighted by atomic mass is 10.0. The van der Waals surface area contributed by atoms with Crippen molar-refractivity contribution in [2.45, 2.75) is 63.8 Å². The van der Waals surface area contributed by atoms with E-state index in [0.717, 1.165) is 44.2 Å². The van der Waals surface area contributed by atoms with Crippen molar-refractivity contribution in [3.05, 3.63) is 0 Å². The Kier molecular flexibility index (Phi) is 5.60. The van der Waals surface area contributed by atoms with Crippen molar-refractivity contribution >= 4 is 5.71 Å². The maximum Gasteiger partial charge on any atom is 0.0570 e. The van der Waals surface area contributed by atoms with Crippen LogP contribution in [-0.4, -0.2) is 17.0 Å². The van der Waals surface area contributed by atoms with Gasteiger partial charge in [-0.3, -0.25) is 0 Å². The van der Waals surface area contributed by atoms with Crippen molar-refractivity contribution in [1.29, 1.82) is 0 Å². The molecule has 1 aliphatic rings. The maximum atomic E-state index is 8.76. The summed E-state index contributed by atoms with van der Waals surface area (Å²) in [5.74, 6) is 0. The Labute approximate surface area is 86.4 Å². The Hall–Kier alpha value is -0.570. The van der Waals surface area contributed by atoms with Crippen LogP contribution in [0.5, 0.6) is 0 Å². The highest BCUT2D eigenvalue weighted by Gasteiger charge is 2.07. The molecule has 0 aromatic carbocycles. The molecule has 3 nitrogen and oxygen atoms in total. The lowest BCUT2D eigenvalue weighted by Crippen LogP contribution is -2.19. The first-order chi connectivity index (χ1) is 6.83. The van der Waals surface area contributed by atoms with Gasteiger partial charge in [0.05, 0.1) is 5.71 Å². The topological polar surface area (TPSA) is 58.6 Å². The minimum absolute atomic E-state index is 0.355. The van der Waals surface area contributed by atoms with Crippen LogP contribution in [-0.2, 0) is 0 Å². The van der Waals surface area contributed by atoms with Crippen LogP contribution in [0, 0.1) is 0 Å². The molecule has 0 aromatic heterocycles. The zero-order valence-electron chi connectivity index (χ0n) is 8.91. The highest BCUT2D eigenvalue weighted by molar-refractivity contribution is 5.83. The number of rotatable bonds is 0. The summed E-state index contributed by atoms with van der Waals surface area (Å²) in [5.41, 5.74) is 6.92. The van der Waals surface area contributed by atoms with Crippen molar-refractivity contribution in [2.24, 2.45) is 10.9 Å². The van der Waals surface area contributed by atoms with E-state index in [1.807, 2.05) is 0 Å². The van der Waals surface area contributed by atoms with Crippen LogP contribution in [0.4, 0.5) is 0 Å². The second kappa shape index (κ2) is 6.82. The molecule has 0 bridgehead atoms. The van der Waals surface area contributed by atoms with Crippen molar-refractivity contribution < 1.29 is 5.21 Å². The summed E-state index contributed by atoms with van der Waals surface area (Å²) >= 11 is 0. The summed E-state index contributed by atoms with van der Waals surface area (Å²) in [7, 11) is 0. The van der Waals surface area contributed by atoms with Gasteiger partial charge in [-0.15, -0.1) is 0 Å². The average Bonchev–Trinajstić information content (AvgIpc) is 2.23. The molecule has 0 radical (unpaired) electrons. The van der Waals surface area contributed by atoms with E-state index in [4.69, 9.17) is 10.9 Å². The smallest absolute Gasteiger partial charge is 0.0570 e. The first-order valence-corrected chi connectivity index (χ1v) is 5.78. The fourth-order valence-electron chi connectivity index (χ4n) is 2.03. The summed E-state index contributed by atoms with van der Waals surface area (Å²) in [6, 6.07) is 0.355. The number of nitrogens with two attached hydrogens (primary N) is 1. The van der Waals surface area contributed by atoms with Gasteiger partial charge in [-0.1, -0.05) is 24.4 Å². The molecule has 3 heteroatoms. The fraction of sp³-hybridized carbons (Fsp3) is 0.909. The molecule has 14 heavy (non-hydrogen) atoms. The van der Waals surface area contributed by atoms with Crippen LogP contribution in [0.1, 0.15) is 57.8 Å². The van der Waals surface area contributed by atoms with Crippen LogP contribution in [0.2, 0.25) is 0 Å². The molecule has 0 amide bonds. The summed E-state index contributed by atoms with van der Waals surface area (Å²) in [5, 5.41) is 12.1. The van der Waals surface area contributed by atoms with Gasteiger partial charge >= 0.3 is 0 Å². The third kappa shape index (κ3) is 4.61. The Bertz CT molecular complexity index is 180. The van der Waals surface area contributed by atoms with Gasteiger partial charge in [0.25, 0.3) is 0 Å². The van der Waals surface area contributed by atoms with Crippen molar-refractivity contribution in [2.75, 3.05) is 0 Å². The first kappa shape index (κ1) is 11.5. The van der Waals surface area contributed by atoms with Crippen molar-refractivity contribution in [3.63, 3.8) is 0 Å². The molecule has 3 N–H and O–H groups in total. The van der Waals surface area contributed by atoms with E-state index >= 15 is 0 Å². The summed E-state index contributed by atoms with van der Waals surface area (Å²) in [4.78, 5) is 0. The quantitative estimate of drug-likeness (QED) is 0.464. The van der Waals surface area contributed by atoms with Crippen LogP contribution >= 0.6 is 0 Å². The molecule has 1 atom stereocenters. The first-order valence-electron chi connectivity index (χ1n) is 5.78. The fourth-order valence-corrected chi connectivity index (χ4v) is 2.03. The van der Waals surface area contributed by atoms with E-state index in [1.54, 1.807) is 0 Å². The number of nitrogens with zero attached hydrogens (tertiary/aromatic N) is 1. The highest BCUT2D eigenvalue weighted by Crippen LogP contribution is 2.14. The van der Waals surface area contributed by atoms with Gasteiger partial charge in [0.15, 0.2) is 0 Å². The summed E-state index contributed by atoms with van der Waals surface area (Å²) in [6.45, 7) is 0. The van der Waals surface area contributed by atoms with Gasteiger partial charge in [-0.25, -0.2) is 0 Å². The molecule has 82 valence electrons. The molecule has 1 rings (SSSR count). The van der Waals surface area contributed by atoms with Crippen LogP contribution in [0.25, 0.3) is 0 Å². The maximum absolute atomic E-state index is 8.76. The van der Waals surface area contributed by atoms with Gasteiger partial charge in [-0.05, 0) is 38.5 Å². The van der Waals surface area contributed by atoms with Gasteiger partial charge < -0.3 is 10.9 Å². The molecule has 0 heterocycles. The second-order valence-corrected chi connectivity index (χ2v) is 4.27. The monoisotopic (exact) mass is 198 g/mol. The third-order valence-electron chi connectivity index (χ3n) is 2.97. The summed E-state index contributed by atoms with van der Waals surface area (Å²) < 4.78 is 0. The second-order valence-electron chi connectivity index (χ2n) is 4.27. The van der Waals surface area contributed by atoms with Crippen LogP contribution < -0.4 is 5.73 Å². The zero-order chi connectivity index (χ0) is 10.2. The Morgan fingerprint density at radius 3 is 2.43 bits per heavy atom. The molecule has 0 spiro atoms. The Balaban J connectivity index is 2.35. The Morgan fingerprint density at radius 2 is 1.64 bits per heavy atom. The van der Waals surface area contributed by atoms with Crippen molar-refractivity contribution in [3.8, 4) is 0 Å². The molecule has 0 saturated heterocycles. The van der Waals surface area contributed by atoms with Gasteiger partial charge in [0.1, 0.15) is 0 Å². The van der Waals surface area contributed by atoms with E-state index in [1.165, 1.54) is 19.3 Å². The highest BCUT2D eigenvalue weighted by atomic mass is 16.4. The number of hydrogen-bond acceptors (Lipinski definition) is 3. The van der Waals surface area contributed by atoms with Crippen LogP contribution in [0.3, 0.4) is 0 Å². The number of oxime groups is 1. The largest absolute Gasteiger partial charge is 0.411 e. The Morgan fingerprint density at radius 1 is 1.00 bits per heavy atom. The van der Waals surface area contributed by atoms with E-state index < -0.39 is 0 Å². The van der Waals surface area contributed by atoms with E-state index in [0.29, 0.717) is 6.04 Å². The van der Waals surface area contributed by atoms with Gasteiger partial charge in [0, 0.05) is 6.04 Å². The predicted octanol–water partition coefficient (Wildman–Crippen LogP) is 2.67. The minimum Gasteiger partial charge on any atom is -0.411 e. The lowest BCUT2D eigenvalue weighted by molar-refractivity contribution is 0.315. The third-order valence-corrected chi connectivity index (χ3v) is 2.97. The van der Waals surface area contributed by atoms with E-state index in [-0.39, 0.29) is 0 Å². The summed E-state index contributed by atoms with van der Waals surface area (Å²) in [6.07, 6.45) is 10.1.